The van der Waals surface area contributed by atoms with Crippen LogP contribution in [-0.2, 0) is 9.84 Å². The summed E-state index contributed by atoms with van der Waals surface area (Å²) >= 11 is 0. The van der Waals surface area contributed by atoms with E-state index in [1.165, 1.54) is 0 Å². The molecule has 0 saturated carbocycles. The van der Waals surface area contributed by atoms with Crippen molar-refractivity contribution >= 4 is 6.16 Å². The van der Waals surface area contributed by atoms with E-state index in [0.717, 1.165) is 11.1 Å². The van der Waals surface area contributed by atoms with Crippen LogP contribution in [0.4, 0.5) is 4.79 Å². The maximum absolute atomic E-state index is 10.2. The van der Waals surface area contributed by atoms with E-state index in [1.54, 1.807) is 6.92 Å². The van der Waals surface area contributed by atoms with Crippen molar-refractivity contribution in [2.75, 3.05) is 0 Å². The molecule has 13 heavy (non-hydrogen) atoms. The van der Waals surface area contributed by atoms with Crippen LogP contribution in [0.15, 0.2) is 24.3 Å². The molecule has 69 valence electrons. The summed E-state index contributed by atoms with van der Waals surface area (Å²) < 4.78 is 4.52. The van der Waals surface area contributed by atoms with Crippen molar-refractivity contribution in [3.8, 4) is 0 Å². The molecule has 0 bridgehead atoms. The first-order valence-corrected chi connectivity index (χ1v) is 4.04. The maximum atomic E-state index is 10.2. The van der Waals surface area contributed by atoms with Crippen molar-refractivity contribution in [1.29, 1.82) is 0 Å². The van der Waals surface area contributed by atoms with Crippen molar-refractivity contribution in [3.63, 3.8) is 0 Å². The molecule has 0 aliphatic heterocycles. The van der Waals surface area contributed by atoms with Gasteiger partial charge in [0.15, 0.2) is 0 Å². The zero-order valence-electron chi connectivity index (χ0n) is 7.61. The molecule has 1 rings (SSSR count). The molecule has 1 unspecified atom stereocenters. The molecule has 1 radical (unpaired) electrons. The highest BCUT2D eigenvalue weighted by Gasteiger charge is 2.12. The van der Waals surface area contributed by atoms with Gasteiger partial charge in [-0.25, -0.2) is 0 Å². The number of hydrogen-bond acceptors (Lipinski definition) is 2. The standard InChI is InChI=1S/C10H11O3/c1-7-5-3-4-6-9(7)8(2)13-10(11)12/h3-6,8H,1-2H3. The topological polar surface area (TPSA) is 46.2 Å². The number of carbonyl (C=O) groups is 1. The van der Waals surface area contributed by atoms with Crippen molar-refractivity contribution in [1.82, 2.24) is 0 Å². The minimum atomic E-state index is -1.49. The van der Waals surface area contributed by atoms with Gasteiger partial charge in [0.2, 0.25) is 0 Å². The Morgan fingerprint density at radius 1 is 1.38 bits per heavy atom. The quantitative estimate of drug-likeness (QED) is 0.655. The first-order chi connectivity index (χ1) is 6.11. The summed E-state index contributed by atoms with van der Waals surface area (Å²) in [4.78, 5) is 10.2. The van der Waals surface area contributed by atoms with Crippen molar-refractivity contribution in [2.45, 2.75) is 20.0 Å². The molecule has 0 spiro atoms. The fraction of sp³-hybridized carbons (Fsp3) is 0.300. The third-order valence-electron chi connectivity index (χ3n) is 1.90. The van der Waals surface area contributed by atoms with Gasteiger partial charge in [0.05, 0.1) is 0 Å². The van der Waals surface area contributed by atoms with E-state index in [0.29, 0.717) is 0 Å². The summed E-state index contributed by atoms with van der Waals surface area (Å²) in [7, 11) is 0. The number of rotatable bonds is 2. The van der Waals surface area contributed by atoms with E-state index in [2.05, 4.69) is 4.74 Å². The molecule has 0 saturated heterocycles. The van der Waals surface area contributed by atoms with Crippen LogP contribution in [0.2, 0.25) is 0 Å². The molecular formula is C10H11O3. The Morgan fingerprint density at radius 3 is 2.54 bits per heavy atom. The van der Waals surface area contributed by atoms with Crippen molar-refractivity contribution in [3.05, 3.63) is 35.4 Å². The first-order valence-electron chi connectivity index (χ1n) is 4.04. The van der Waals surface area contributed by atoms with Gasteiger partial charge in [0.1, 0.15) is 6.10 Å². The Balaban J connectivity index is 2.82. The highest BCUT2D eigenvalue weighted by molar-refractivity contribution is 5.57. The van der Waals surface area contributed by atoms with Gasteiger partial charge < -0.3 is 4.74 Å². The number of carbonyl (C=O) groups excluding carboxylic acids is 1. The van der Waals surface area contributed by atoms with E-state index in [1.807, 2.05) is 31.2 Å². The molecule has 1 atom stereocenters. The van der Waals surface area contributed by atoms with E-state index in [9.17, 15) is 9.90 Å². The van der Waals surface area contributed by atoms with Gasteiger partial charge in [-0.05, 0) is 25.0 Å². The van der Waals surface area contributed by atoms with Crippen LogP contribution in [0, 0.1) is 6.92 Å². The van der Waals surface area contributed by atoms with Gasteiger partial charge in [-0.3, -0.25) is 0 Å². The van der Waals surface area contributed by atoms with Gasteiger partial charge in [-0.1, -0.05) is 24.3 Å². The SMILES string of the molecule is Cc1ccccc1C(C)OC([O])=O. The Hall–Kier alpha value is -1.51. The van der Waals surface area contributed by atoms with Gasteiger partial charge >= 0.3 is 6.16 Å². The monoisotopic (exact) mass is 179 g/mol. The molecule has 0 aliphatic carbocycles. The molecule has 1 aromatic carbocycles. The van der Waals surface area contributed by atoms with Crippen LogP contribution in [0.1, 0.15) is 24.2 Å². The number of aryl methyl sites for hydroxylation is 1. The predicted molar refractivity (Wildman–Crippen MR) is 46.8 cm³/mol. The maximum Gasteiger partial charge on any atom is 0.550 e. The smallest absolute Gasteiger partial charge is 0.424 e. The minimum Gasteiger partial charge on any atom is -0.424 e. The summed E-state index contributed by atoms with van der Waals surface area (Å²) in [6.07, 6.45) is -1.96. The Morgan fingerprint density at radius 2 is 2.00 bits per heavy atom. The van der Waals surface area contributed by atoms with Crippen LogP contribution in [0.25, 0.3) is 0 Å². The van der Waals surface area contributed by atoms with Gasteiger partial charge in [-0.2, -0.15) is 9.90 Å². The lowest BCUT2D eigenvalue weighted by Gasteiger charge is -2.12. The second-order valence-electron chi connectivity index (χ2n) is 2.87. The third-order valence-corrected chi connectivity index (χ3v) is 1.90. The zero-order chi connectivity index (χ0) is 9.84. The second-order valence-corrected chi connectivity index (χ2v) is 2.87. The molecule has 1 aromatic rings. The molecular weight excluding hydrogens is 168 g/mol. The number of ether oxygens (including phenoxy) is 1. The molecule has 0 N–H and O–H groups in total. The first kappa shape index (κ1) is 9.58. The largest absolute Gasteiger partial charge is 0.550 e. The number of hydrogen-bond donors (Lipinski definition) is 0. The minimum absolute atomic E-state index is 0.466. The fourth-order valence-electron chi connectivity index (χ4n) is 1.25. The van der Waals surface area contributed by atoms with E-state index in [-0.39, 0.29) is 0 Å². The van der Waals surface area contributed by atoms with E-state index >= 15 is 0 Å². The van der Waals surface area contributed by atoms with Crippen LogP contribution in [-0.4, -0.2) is 6.16 Å². The average Bonchev–Trinajstić information content (AvgIpc) is 2.03. The average molecular weight is 179 g/mol. The second kappa shape index (κ2) is 3.94. The summed E-state index contributed by atoms with van der Waals surface area (Å²) in [5.41, 5.74) is 1.88. The van der Waals surface area contributed by atoms with E-state index in [4.69, 9.17) is 0 Å². The molecule has 3 heteroatoms. The lowest BCUT2D eigenvalue weighted by molar-refractivity contribution is 0.0379. The summed E-state index contributed by atoms with van der Waals surface area (Å²) in [5, 5.41) is 10.2. The van der Waals surface area contributed by atoms with Gasteiger partial charge in [0.25, 0.3) is 0 Å². The van der Waals surface area contributed by atoms with Crippen LogP contribution < -0.4 is 0 Å². The molecule has 0 fully saturated rings. The third kappa shape index (κ3) is 2.47. The molecule has 0 aromatic heterocycles. The normalized spacial score (nSPS) is 12.2. The fourth-order valence-corrected chi connectivity index (χ4v) is 1.25. The lowest BCUT2D eigenvalue weighted by atomic mass is 10.1. The highest BCUT2D eigenvalue weighted by atomic mass is 16.7. The lowest BCUT2D eigenvalue weighted by Crippen LogP contribution is -2.05. The van der Waals surface area contributed by atoms with Crippen molar-refractivity contribution in [2.24, 2.45) is 0 Å². The Labute approximate surface area is 77.0 Å². The summed E-state index contributed by atoms with van der Waals surface area (Å²) in [6, 6.07) is 7.48. The Kier molecular flexibility index (Phi) is 2.90. The number of benzene rings is 1. The predicted octanol–water partition coefficient (Wildman–Crippen LogP) is 2.62. The molecule has 3 nitrogen and oxygen atoms in total. The van der Waals surface area contributed by atoms with Gasteiger partial charge in [-0.15, -0.1) is 0 Å². The van der Waals surface area contributed by atoms with Crippen molar-refractivity contribution < 1.29 is 14.6 Å². The van der Waals surface area contributed by atoms with Crippen LogP contribution in [0.3, 0.4) is 0 Å². The Bertz CT molecular complexity index is 307. The molecule has 0 heterocycles. The summed E-state index contributed by atoms with van der Waals surface area (Å²) in [5.74, 6) is 0. The summed E-state index contributed by atoms with van der Waals surface area (Å²) in [6.45, 7) is 3.59. The molecule has 0 amide bonds. The molecule has 0 aliphatic rings. The van der Waals surface area contributed by atoms with Gasteiger partial charge in [0, 0.05) is 0 Å². The highest BCUT2D eigenvalue weighted by Crippen LogP contribution is 2.20. The van der Waals surface area contributed by atoms with Crippen LogP contribution >= 0.6 is 0 Å². The zero-order valence-corrected chi connectivity index (χ0v) is 7.61. The van der Waals surface area contributed by atoms with Crippen LogP contribution in [0.5, 0.6) is 0 Å². The van der Waals surface area contributed by atoms with E-state index < -0.39 is 12.3 Å².